The SMILES string of the molecule is CC(C)(C)c1cc(-[n+]2[c-]n(-c3[c-]c(Oc4[c-]c5c(c(C(C)(C)c6ccccc6)c4)c4ccccc4n5-c4cc(C(C)(C)c5ccccc5)ccn4)ccc3)cc2)cc(C(C)(C)C)c1.[Pt]. The second-order valence-corrected chi connectivity index (χ2v) is 19.9. The van der Waals surface area contributed by atoms with E-state index in [1.54, 1.807) is 0 Å². The third kappa shape index (κ3) is 8.39. The van der Waals surface area contributed by atoms with Crippen LogP contribution in [0.1, 0.15) is 103 Å². The first-order valence-electron chi connectivity index (χ1n) is 22.0. The Bertz CT molecular complexity index is 3080. The van der Waals surface area contributed by atoms with Crippen molar-refractivity contribution >= 4 is 21.8 Å². The van der Waals surface area contributed by atoms with Gasteiger partial charge in [-0.3, -0.25) is 4.57 Å². The van der Waals surface area contributed by atoms with Crippen LogP contribution < -0.4 is 9.30 Å². The van der Waals surface area contributed by atoms with Gasteiger partial charge in [0.1, 0.15) is 5.82 Å². The summed E-state index contributed by atoms with van der Waals surface area (Å²) in [7, 11) is 0. The Hall–Kier alpha value is -6.03. The van der Waals surface area contributed by atoms with Gasteiger partial charge >= 0.3 is 0 Å². The van der Waals surface area contributed by atoms with Crippen LogP contribution in [0.25, 0.3) is 39.0 Å². The normalized spacial score (nSPS) is 12.4. The first-order chi connectivity index (χ1) is 30.0. The van der Waals surface area contributed by atoms with Crippen LogP contribution in [0.15, 0.2) is 158 Å². The average molecular weight is 1020 g/mol. The summed E-state index contributed by atoms with van der Waals surface area (Å²) in [5.74, 6) is 2.00. The van der Waals surface area contributed by atoms with E-state index in [1.165, 1.54) is 27.8 Å². The summed E-state index contributed by atoms with van der Waals surface area (Å²) in [6.45, 7) is 22.7. The number of aromatic nitrogens is 4. The molecule has 64 heavy (non-hydrogen) atoms. The number of rotatable bonds is 9. The van der Waals surface area contributed by atoms with Gasteiger partial charge in [0, 0.05) is 62.1 Å². The maximum atomic E-state index is 6.86. The number of ether oxygens (including phenoxy) is 1. The third-order valence-corrected chi connectivity index (χ3v) is 12.8. The van der Waals surface area contributed by atoms with Crippen LogP contribution in [0.3, 0.4) is 0 Å². The quantitative estimate of drug-likeness (QED) is 0.107. The Morgan fingerprint density at radius 2 is 1.19 bits per heavy atom. The fourth-order valence-electron chi connectivity index (χ4n) is 8.70. The van der Waals surface area contributed by atoms with Crippen molar-refractivity contribution in [3.63, 3.8) is 0 Å². The second-order valence-electron chi connectivity index (χ2n) is 19.9. The van der Waals surface area contributed by atoms with Crippen molar-refractivity contribution in [2.24, 2.45) is 0 Å². The molecular formula is C58H56N4OPt-2. The molecule has 326 valence electrons. The molecule has 9 rings (SSSR count). The van der Waals surface area contributed by atoms with Gasteiger partial charge in [-0.05, 0) is 85.5 Å². The van der Waals surface area contributed by atoms with Crippen molar-refractivity contribution in [1.29, 1.82) is 0 Å². The molecule has 6 aromatic carbocycles. The molecule has 0 bridgehead atoms. The van der Waals surface area contributed by atoms with E-state index < -0.39 is 5.41 Å². The van der Waals surface area contributed by atoms with Gasteiger partial charge in [-0.15, -0.1) is 29.8 Å². The van der Waals surface area contributed by atoms with E-state index in [0.717, 1.165) is 44.6 Å². The molecule has 0 unspecified atom stereocenters. The molecule has 0 spiro atoms. The van der Waals surface area contributed by atoms with Crippen LogP contribution in [-0.4, -0.2) is 14.1 Å². The van der Waals surface area contributed by atoms with Crippen molar-refractivity contribution < 1.29 is 30.4 Å². The van der Waals surface area contributed by atoms with Gasteiger partial charge in [-0.2, -0.15) is 12.1 Å². The van der Waals surface area contributed by atoms with E-state index in [1.807, 2.05) is 35.2 Å². The molecule has 0 amide bonds. The number of para-hydroxylation sites is 1. The van der Waals surface area contributed by atoms with Crippen LogP contribution in [-0.2, 0) is 42.7 Å². The molecule has 0 fully saturated rings. The number of pyridine rings is 1. The van der Waals surface area contributed by atoms with Crippen molar-refractivity contribution in [2.75, 3.05) is 0 Å². The molecule has 0 saturated carbocycles. The van der Waals surface area contributed by atoms with E-state index in [9.17, 15) is 0 Å². The molecule has 0 aliphatic heterocycles. The Kier molecular flexibility index (Phi) is 11.7. The zero-order valence-electron chi connectivity index (χ0n) is 38.5. The Morgan fingerprint density at radius 1 is 0.562 bits per heavy atom. The van der Waals surface area contributed by atoms with Gasteiger partial charge in [-0.25, -0.2) is 4.98 Å². The molecule has 3 aromatic heterocycles. The van der Waals surface area contributed by atoms with E-state index >= 15 is 0 Å². The first-order valence-corrected chi connectivity index (χ1v) is 22.0. The van der Waals surface area contributed by atoms with Crippen LogP contribution in [0.5, 0.6) is 11.5 Å². The number of hydrogen-bond donors (Lipinski definition) is 0. The summed E-state index contributed by atoms with van der Waals surface area (Å²) in [6.07, 6.45) is 9.56. The Morgan fingerprint density at radius 3 is 1.84 bits per heavy atom. The fourth-order valence-corrected chi connectivity index (χ4v) is 8.70. The smallest absolute Gasteiger partial charge is 0.267 e. The number of fused-ring (bicyclic) bond motifs is 3. The van der Waals surface area contributed by atoms with Gasteiger partial charge in [-0.1, -0.05) is 165 Å². The molecule has 0 aliphatic rings. The van der Waals surface area contributed by atoms with Gasteiger partial charge in [0.15, 0.2) is 0 Å². The van der Waals surface area contributed by atoms with Gasteiger partial charge in [0.25, 0.3) is 6.33 Å². The van der Waals surface area contributed by atoms with Crippen molar-refractivity contribution in [2.45, 2.75) is 90.9 Å². The summed E-state index contributed by atoms with van der Waals surface area (Å²) in [5.41, 5.74) is 10.6. The third-order valence-electron chi connectivity index (χ3n) is 12.8. The number of benzene rings is 6. The standard InChI is InChI=1S/C58H56N4O.Pt/c1-55(2,3)43-32-44(56(4,5)6)34-46(33-43)61-31-30-60(39-61)45-24-19-25-47(36-45)63-48-37-50(58(9,10)41-22-15-12-16-23-41)54-49-26-17-18-27-51(49)62(52(54)38-48)53-35-42(28-29-59-53)57(7,8)40-20-13-11-14-21-40;/h11-35,37H,1-10H3;/q-2;. The molecule has 0 atom stereocenters. The maximum absolute atomic E-state index is 6.86. The monoisotopic (exact) mass is 1020 g/mol. The van der Waals surface area contributed by atoms with E-state index in [4.69, 9.17) is 9.72 Å². The maximum Gasteiger partial charge on any atom is 0.267 e. The Labute approximate surface area is 393 Å². The predicted octanol–water partition coefficient (Wildman–Crippen LogP) is 13.7. The molecule has 0 radical (unpaired) electrons. The summed E-state index contributed by atoms with van der Waals surface area (Å²) in [6, 6.07) is 56.7. The van der Waals surface area contributed by atoms with Crippen molar-refractivity contribution in [1.82, 2.24) is 14.1 Å². The minimum atomic E-state index is -0.400. The van der Waals surface area contributed by atoms with Gasteiger partial charge < -0.3 is 13.9 Å². The summed E-state index contributed by atoms with van der Waals surface area (Å²) >= 11 is 0. The van der Waals surface area contributed by atoms with Crippen molar-refractivity contribution in [3.05, 3.63) is 210 Å². The van der Waals surface area contributed by atoms with E-state index in [-0.39, 0.29) is 37.3 Å². The van der Waals surface area contributed by atoms with Crippen LogP contribution in [0.4, 0.5) is 0 Å². The largest absolute Gasteiger partial charge is 0.510 e. The summed E-state index contributed by atoms with van der Waals surface area (Å²) in [5, 5.41) is 2.26. The van der Waals surface area contributed by atoms with Crippen molar-refractivity contribution in [3.8, 4) is 28.7 Å². The first kappa shape index (κ1) is 44.6. The number of nitrogens with zero attached hydrogens (tertiary/aromatic N) is 4. The fraction of sp³-hybridized carbons (Fsp3) is 0.241. The minimum Gasteiger partial charge on any atom is -0.510 e. The molecular weight excluding hydrogens is 964 g/mol. The second kappa shape index (κ2) is 16.8. The van der Waals surface area contributed by atoms with E-state index in [2.05, 4.69) is 224 Å². The molecule has 6 heteroatoms. The molecule has 5 nitrogen and oxygen atoms in total. The van der Waals surface area contributed by atoms with Crippen LogP contribution in [0.2, 0.25) is 0 Å². The topological polar surface area (TPSA) is 35.9 Å². The zero-order chi connectivity index (χ0) is 44.3. The molecule has 0 saturated heterocycles. The van der Waals surface area contributed by atoms with E-state index in [0.29, 0.717) is 11.5 Å². The minimum absolute atomic E-state index is 0. The molecule has 0 aliphatic carbocycles. The van der Waals surface area contributed by atoms with Crippen LogP contribution in [0, 0.1) is 18.5 Å². The average Bonchev–Trinajstić information content (AvgIpc) is 3.90. The molecule has 0 N–H and O–H groups in total. The van der Waals surface area contributed by atoms with Crippen LogP contribution >= 0.6 is 0 Å². The summed E-state index contributed by atoms with van der Waals surface area (Å²) < 4.78 is 13.1. The number of imidazole rings is 1. The van der Waals surface area contributed by atoms with Gasteiger partial charge in [0.05, 0.1) is 5.69 Å². The number of hydrogen-bond acceptors (Lipinski definition) is 2. The summed E-state index contributed by atoms with van der Waals surface area (Å²) in [4.78, 5) is 5.04. The van der Waals surface area contributed by atoms with Gasteiger partial charge in [0.2, 0.25) is 0 Å². The zero-order valence-corrected chi connectivity index (χ0v) is 40.8. The Balaban J connectivity index is 0.00000560. The molecule has 3 heterocycles. The molecule has 9 aromatic rings. The predicted molar refractivity (Wildman–Crippen MR) is 257 cm³/mol.